The minimum Gasteiger partial charge on any atom is -0.474 e. The first-order valence-corrected chi connectivity index (χ1v) is 13.5. The summed E-state index contributed by atoms with van der Waals surface area (Å²) in [6.07, 6.45) is 4.50. The maximum absolute atomic E-state index is 13.8. The van der Waals surface area contributed by atoms with Gasteiger partial charge in [0.05, 0.1) is 5.69 Å². The predicted octanol–water partition coefficient (Wildman–Crippen LogP) is 4.06. The van der Waals surface area contributed by atoms with Crippen LogP contribution in [0.5, 0.6) is 5.88 Å². The number of aliphatic hydroxyl groups is 1. The van der Waals surface area contributed by atoms with Gasteiger partial charge in [0.2, 0.25) is 5.88 Å². The molecule has 1 saturated carbocycles. The van der Waals surface area contributed by atoms with Crippen LogP contribution in [0.2, 0.25) is 0 Å². The molecule has 9 heteroatoms. The lowest BCUT2D eigenvalue weighted by Gasteiger charge is -2.25. The number of ether oxygens (including phenoxy) is 1. The first kappa shape index (κ1) is 25.9. The molecule has 0 saturated heterocycles. The molecule has 0 radical (unpaired) electrons. The predicted molar refractivity (Wildman–Crippen MR) is 147 cm³/mol. The lowest BCUT2D eigenvalue weighted by atomic mass is 9.96. The van der Waals surface area contributed by atoms with Crippen LogP contribution in [0.1, 0.15) is 63.3 Å². The second-order valence-electron chi connectivity index (χ2n) is 10.1. The molecular formula is C29H35N5O4. The Balaban J connectivity index is 1.76. The summed E-state index contributed by atoms with van der Waals surface area (Å²) in [4.78, 5) is 37.0. The maximum atomic E-state index is 13.8. The molecule has 1 N–H and O–H groups in total. The van der Waals surface area contributed by atoms with E-state index in [1.165, 1.54) is 11.0 Å². The van der Waals surface area contributed by atoms with Crippen LogP contribution in [0, 0.1) is 6.92 Å². The molecule has 0 spiro atoms. The van der Waals surface area contributed by atoms with Gasteiger partial charge >= 0.3 is 5.69 Å². The standard InChI is InChI=1S/C29H35N5O4/c1-4-19(2)34-27-25(28(36)32(29(34)37)16-9-17-35)33(18-21-10-6-5-7-11-21)26(31-27)23-14-15-24(30-20(23)3)38-22-12-8-13-22/h5-7,10-11,14-15,19,22,35H,4,8-9,12-13,16-18H2,1-3H3. The van der Waals surface area contributed by atoms with E-state index in [0.717, 1.165) is 29.7 Å². The third kappa shape index (κ3) is 4.78. The number of aromatic nitrogens is 5. The number of aryl methyl sites for hydroxylation is 1. The minimum absolute atomic E-state index is 0.109. The van der Waals surface area contributed by atoms with E-state index < -0.39 is 11.2 Å². The van der Waals surface area contributed by atoms with Gasteiger partial charge in [-0.1, -0.05) is 37.3 Å². The van der Waals surface area contributed by atoms with Gasteiger partial charge in [0, 0.05) is 37.4 Å². The number of fused-ring (bicyclic) bond motifs is 1. The third-order valence-corrected chi connectivity index (χ3v) is 7.46. The van der Waals surface area contributed by atoms with Gasteiger partial charge in [-0.05, 0) is 57.6 Å². The zero-order chi connectivity index (χ0) is 26.8. The van der Waals surface area contributed by atoms with Crippen LogP contribution in [0.25, 0.3) is 22.6 Å². The number of hydrogen-bond donors (Lipinski definition) is 1. The van der Waals surface area contributed by atoms with Gasteiger partial charge in [0.25, 0.3) is 5.56 Å². The van der Waals surface area contributed by atoms with Crippen molar-refractivity contribution in [3.63, 3.8) is 0 Å². The van der Waals surface area contributed by atoms with Crippen molar-refractivity contribution in [3.8, 4) is 17.3 Å². The van der Waals surface area contributed by atoms with Gasteiger partial charge in [-0.3, -0.25) is 13.9 Å². The van der Waals surface area contributed by atoms with E-state index in [4.69, 9.17) is 14.7 Å². The normalized spacial score (nSPS) is 14.5. The Morgan fingerprint density at radius 1 is 1.08 bits per heavy atom. The van der Waals surface area contributed by atoms with Gasteiger partial charge < -0.3 is 14.4 Å². The fourth-order valence-corrected chi connectivity index (χ4v) is 4.89. The average Bonchev–Trinajstić information content (AvgIpc) is 3.25. The number of imidazole rings is 1. The molecule has 1 aliphatic carbocycles. The zero-order valence-electron chi connectivity index (χ0n) is 22.3. The fraction of sp³-hybridized carbons (Fsp3) is 0.448. The van der Waals surface area contributed by atoms with Gasteiger partial charge in [0.15, 0.2) is 11.2 Å². The lowest BCUT2D eigenvalue weighted by molar-refractivity contribution is 0.114. The quantitative estimate of drug-likeness (QED) is 0.340. The lowest BCUT2D eigenvalue weighted by Crippen LogP contribution is -2.41. The van der Waals surface area contributed by atoms with Crippen LogP contribution in [-0.4, -0.2) is 41.5 Å². The topological polar surface area (TPSA) is 104 Å². The van der Waals surface area contributed by atoms with Crippen molar-refractivity contribution in [2.45, 2.75) is 78.1 Å². The number of aliphatic hydroxyl groups excluding tert-OH is 1. The molecule has 200 valence electrons. The number of nitrogens with zero attached hydrogens (tertiary/aromatic N) is 5. The smallest absolute Gasteiger partial charge is 0.332 e. The monoisotopic (exact) mass is 517 g/mol. The van der Waals surface area contributed by atoms with Gasteiger partial charge in [-0.25, -0.2) is 14.8 Å². The summed E-state index contributed by atoms with van der Waals surface area (Å²) < 4.78 is 10.8. The molecule has 0 aliphatic heterocycles. The van der Waals surface area contributed by atoms with Crippen molar-refractivity contribution in [2.24, 2.45) is 0 Å². The maximum Gasteiger partial charge on any atom is 0.332 e. The largest absolute Gasteiger partial charge is 0.474 e. The molecule has 3 aromatic heterocycles. The summed E-state index contributed by atoms with van der Waals surface area (Å²) in [5.74, 6) is 1.17. The highest BCUT2D eigenvalue weighted by Gasteiger charge is 2.26. The highest BCUT2D eigenvalue weighted by molar-refractivity contribution is 5.78. The van der Waals surface area contributed by atoms with Crippen molar-refractivity contribution in [1.82, 2.24) is 23.7 Å². The van der Waals surface area contributed by atoms with Gasteiger partial charge in [-0.2, -0.15) is 0 Å². The summed E-state index contributed by atoms with van der Waals surface area (Å²) in [6.45, 7) is 6.30. The molecule has 0 bridgehead atoms. The highest BCUT2D eigenvalue weighted by Crippen LogP contribution is 2.30. The molecular weight excluding hydrogens is 482 g/mol. The second-order valence-corrected chi connectivity index (χ2v) is 10.1. The van der Waals surface area contributed by atoms with E-state index in [-0.39, 0.29) is 25.3 Å². The van der Waals surface area contributed by atoms with Gasteiger partial charge in [-0.15, -0.1) is 0 Å². The Hall–Kier alpha value is -3.72. The first-order valence-electron chi connectivity index (χ1n) is 13.5. The summed E-state index contributed by atoms with van der Waals surface area (Å²) in [6, 6.07) is 13.5. The Labute approximate surface area is 221 Å². The van der Waals surface area contributed by atoms with Crippen LogP contribution < -0.4 is 16.0 Å². The fourth-order valence-electron chi connectivity index (χ4n) is 4.89. The summed E-state index contributed by atoms with van der Waals surface area (Å²) >= 11 is 0. The van der Waals surface area contributed by atoms with E-state index in [1.54, 1.807) is 4.57 Å². The number of benzene rings is 1. The molecule has 1 atom stereocenters. The van der Waals surface area contributed by atoms with Crippen LogP contribution in [0.3, 0.4) is 0 Å². The van der Waals surface area contributed by atoms with Gasteiger partial charge in [0.1, 0.15) is 11.9 Å². The van der Waals surface area contributed by atoms with Crippen LogP contribution in [-0.2, 0) is 13.1 Å². The van der Waals surface area contributed by atoms with E-state index in [9.17, 15) is 14.7 Å². The number of pyridine rings is 1. The van der Waals surface area contributed by atoms with Crippen molar-refractivity contribution in [1.29, 1.82) is 0 Å². The summed E-state index contributed by atoms with van der Waals surface area (Å²) in [5, 5.41) is 9.42. The Kier molecular flexibility index (Phi) is 7.46. The molecule has 9 nitrogen and oxygen atoms in total. The van der Waals surface area contributed by atoms with Crippen LogP contribution in [0.4, 0.5) is 0 Å². The van der Waals surface area contributed by atoms with Crippen molar-refractivity contribution < 1.29 is 9.84 Å². The van der Waals surface area contributed by atoms with Crippen LogP contribution in [0.15, 0.2) is 52.1 Å². The summed E-state index contributed by atoms with van der Waals surface area (Å²) in [7, 11) is 0. The number of rotatable bonds is 10. The van der Waals surface area contributed by atoms with Crippen molar-refractivity contribution in [3.05, 3.63) is 74.6 Å². The molecule has 1 unspecified atom stereocenters. The molecule has 1 aliphatic rings. The molecule has 4 aromatic rings. The SMILES string of the molecule is CCC(C)n1c(=O)n(CCCO)c(=O)c2c1nc(-c1ccc(OC3CCC3)nc1C)n2Cc1ccccc1. The molecule has 1 fully saturated rings. The average molecular weight is 518 g/mol. The molecule has 5 rings (SSSR count). The number of hydrogen-bond acceptors (Lipinski definition) is 6. The summed E-state index contributed by atoms with van der Waals surface area (Å²) in [5.41, 5.74) is 2.47. The third-order valence-electron chi connectivity index (χ3n) is 7.46. The first-order chi connectivity index (χ1) is 18.4. The Morgan fingerprint density at radius 3 is 2.47 bits per heavy atom. The van der Waals surface area contributed by atoms with E-state index >= 15 is 0 Å². The Morgan fingerprint density at radius 2 is 1.84 bits per heavy atom. The zero-order valence-corrected chi connectivity index (χ0v) is 22.3. The molecule has 3 heterocycles. The van der Waals surface area contributed by atoms with Crippen molar-refractivity contribution in [2.75, 3.05) is 6.61 Å². The van der Waals surface area contributed by atoms with E-state index in [2.05, 4.69) is 0 Å². The molecule has 38 heavy (non-hydrogen) atoms. The second kappa shape index (κ2) is 10.9. The van der Waals surface area contributed by atoms with Crippen molar-refractivity contribution >= 4 is 11.2 Å². The Bertz CT molecular complexity index is 1550. The van der Waals surface area contributed by atoms with Crippen LogP contribution >= 0.6 is 0 Å². The highest BCUT2D eigenvalue weighted by atomic mass is 16.5. The van der Waals surface area contributed by atoms with E-state index in [0.29, 0.717) is 42.3 Å². The van der Waals surface area contributed by atoms with E-state index in [1.807, 2.05) is 67.8 Å². The molecule has 1 aromatic carbocycles. The minimum atomic E-state index is -0.402. The molecule has 0 amide bonds.